The topological polar surface area (TPSA) is 16.4 Å². The van der Waals surface area contributed by atoms with Crippen molar-refractivity contribution in [3.63, 3.8) is 0 Å². The second-order valence-corrected chi connectivity index (χ2v) is 14.0. The molecule has 51 heavy (non-hydrogen) atoms. The Labute approximate surface area is 300 Å². The van der Waals surface area contributed by atoms with Crippen molar-refractivity contribution in [3.8, 4) is 33.4 Å². The van der Waals surface area contributed by atoms with Crippen molar-refractivity contribution in [3.05, 3.63) is 188 Å². The van der Waals surface area contributed by atoms with E-state index in [0.717, 1.165) is 50.1 Å². The predicted molar refractivity (Wildman–Crippen MR) is 218 cm³/mol. The summed E-state index contributed by atoms with van der Waals surface area (Å²) in [5.41, 5.74) is 12.1. The van der Waals surface area contributed by atoms with Crippen LogP contribution in [0.15, 0.2) is 192 Å². The Morgan fingerprint density at radius 2 is 0.980 bits per heavy atom. The Kier molecular flexibility index (Phi) is 7.04. The Hall–Kier alpha value is -6.42. The third-order valence-corrected chi connectivity index (χ3v) is 11.0. The quantitative estimate of drug-likeness (QED) is 0.175. The minimum absolute atomic E-state index is 0.871. The number of hydrogen-bond donors (Lipinski definition) is 0. The highest BCUT2D eigenvalue weighted by Crippen LogP contribution is 2.46. The lowest BCUT2D eigenvalue weighted by Crippen LogP contribution is -2.11. The van der Waals surface area contributed by atoms with Crippen molar-refractivity contribution in [2.24, 2.45) is 0 Å². The van der Waals surface area contributed by atoms with Gasteiger partial charge in [0, 0.05) is 36.8 Å². The molecule has 0 fully saturated rings. The Morgan fingerprint density at radius 3 is 1.88 bits per heavy atom. The van der Waals surface area contributed by atoms with Gasteiger partial charge < -0.3 is 9.32 Å². The highest BCUT2D eigenvalue weighted by atomic mass is 32.1. The molecule has 10 aromatic rings. The molecule has 0 saturated heterocycles. The zero-order valence-corrected chi connectivity index (χ0v) is 28.5. The molecule has 0 bridgehead atoms. The van der Waals surface area contributed by atoms with Gasteiger partial charge in [-0.3, -0.25) is 0 Å². The third-order valence-electron chi connectivity index (χ3n) is 9.88. The molecule has 0 unspecified atom stereocenters. The molecule has 0 amide bonds. The van der Waals surface area contributed by atoms with Gasteiger partial charge in [-0.15, -0.1) is 11.3 Å². The van der Waals surface area contributed by atoms with Gasteiger partial charge in [-0.25, -0.2) is 0 Å². The summed E-state index contributed by atoms with van der Waals surface area (Å²) in [7, 11) is 0. The van der Waals surface area contributed by atoms with Crippen LogP contribution >= 0.6 is 11.3 Å². The predicted octanol–water partition coefficient (Wildman–Crippen LogP) is 14.4. The van der Waals surface area contributed by atoms with Gasteiger partial charge in [-0.2, -0.15) is 0 Å². The van der Waals surface area contributed by atoms with E-state index in [9.17, 15) is 0 Å². The van der Waals surface area contributed by atoms with Gasteiger partial charge in [0.15, 0.2) is 0 Å². The fraction of sp³-hybridized carbons (Fsp3) is 0. The van der Waals surface area contributed by atoms with Gasteiger partial charge in [0.25, 0.3) is 0 Å². The summed E-state index contributed by atoms with van der Waals surface area (Å²) in [6, 6.07) is 67.4. The fourth-order valence-corrected chi connectivity index (χ4v) is 8.61. The van der Waals surface area contributed by atoms with Crippen LogP contribution in [0.4, 0.5) is 17.1 Å². The number of nitrogens with zero attached hydrogens (tertiary/aromatic N) is 1. The SMILES string of the molecule is c1ccc(-c2cccc(-c3ccccc3N(c3ccc(-c4ccc5c(c4)sc4ccccc45)cc3)c3cccc4oc5ccccc5c34)c2)cc1. The molecule has 0 atom stereocenters. The molecule has 240 valence electrons. The summed E-state index contributed by atoms with van der Waals surface area (Å²) in [6.45, 7) is 0. The van der Waals surface area contributed by atoms with Crippen LogP contribution in [-0.2, 0) is 0 Å². The molecular formula is C48H31NOS. The standard InChI is InChI=1S/C48H31NOS/c1-2-12-32(13-3-1)34-14-10-15-36(30-34)38-16-4-7-19-42(38)49(43-20-11-22-45-48(43)41-18-5-8-21-44(41)50-45)37-27-24-33(25-28-37)35-26-29-40-39-17-6-9-23-46(39)51-47(40)31-35/h1-31H. The minimum atomic E-state index is 0.871. The zero-order chi connectivity index (χ0) is 33.7. The first kappa shape index (κ1) is 29.5. The lowest BCUT2D eigenvalue weighted by atomic mass is 9.96. The molecule has 2 heterocycles. The van der Waals surface area contributed by atoms with Crippen molar-refractivity contribution < 1.29 is 4.42 Å². The highest BCUT2D eigenvalue weighted by molar-refractivity contribution is 7.25. The van der Waals surface area contributed by atoms with E-state index in [1.54, 1.807) is 0 Å². The molecule has 0 spiro atoms. The maximum atomic E-state index is 6.40. The van der Waals surface area contributed by atoms with E-state index in [4.69, 9.17) is 4.42 Å². The van der Waals surface area contributed by atoms with Crippen LogP contribution in [0.3, 0.4) is 0 Å². The van der Waals surface area contributed by atoms with E-state index >= 15 is 0 Å². The van der Waals surface area contributed by atoms with E-state index in [2.05, 4.69) is 187 Å². The first-order chi connectivity index (χ1) is 25.3. The second-order valence-electron chi connectivity index (χ2n) is 12.9. The number of para-hydroxylation sites is 2. The van der Waals surface area contributed by atoms with E-state index in [1.807, 2.05) is 17.4 Å². The molecular weight excluding hydrogens is 639 g/mol. The Morgan fingerprint density at radius 1 is 0.373 bits per heavy atom. The molecule has 8 aromatic carbocycles. The number of fused-ring (bicyclic) bond motifs is 6. The van der Waals surface area contributed by atoms with Crippen molar-refractivity contribution >= 4 is 70.5 Å². The van der Waals surface area contributed by atoms with Crippen molar-refractivity contribution in [2.45, 2.75) is 0 Å². The minimum Gasteiger partial charge on any atom is -0.456 e. The van der Waals surface area contributed by atoms with Crippen LogP contribution in [-0.4, -0.2) is 0 Å². The van der Waals surface area contributed by atoms with Crippen LogP contribution in [0.2, 0.25) is 0 Å². The average Bonchev–Trinajstić information content (AvgIpc) is 3.77. The highest BCUT2D eigenvalue weighted by Gasteiger charge is 2.22. The number of hydrogen-bond acceptors (Lipinski definition) is 3. The summed E-state index contributed by atoms with van der Waals surface area (Å²) in [6.07, 6.45) is 0. The number of furan rings is 1. The van der Waals surface area contributed by atoms with E-state index < -0.39 is 0 Å². The lowest BCUT2D eigenvalue weighted by Gasteiger charge is -2.28. The molecule has 3 heteroatoms. The normalized spacial score (nSPS) is 11.5. The van der Waals surface area contributed by atoms with Crippen molar-refractivity contribution in [1.82, 2.24) is 0 Å². The summed E-state index contributed by atoms with van der Waals surface area (Å²) in [5.74, 6) is 0. The Bertz CT molecular complexity index is 2860. The first-order valence-electron chi connectivity index (χ1n) is 17.3. The van der Waals surface area contributed by atoms with E-state index in [0.29, 0.717) is 0 Å². The average molecular weight is 670 g/mol. The number of benzene rings is 8. The first-order valence-corrected chi connectivity index (χ1v) is 18.1. The molecule has 0 aliphatic heterocycles. The van der Waals surface area contributed by atoms with Crippen molar-refractivity contribution in [2.75, 3.05) is 4.90 Å². The molecule has 0 N–H and O–H groups in total. The number of anilines is 3. The smallest absolute Gasteiger partial charge is 0.137 e. The Balaban J connectivity index is 1.15. The number of rotatable bonds is 6. The van der Waals surface area contributed by atoms with Crippen LogP contribution in [0.5, 0.6) is 0 Å². The van der Waals surface area contributed by atoms with E-state index in [-0.39, 0.29) is 0 Å². The summed E-state index contributed by atoms with van der Waals surface area (Å²) < 4.78 is 9.04. The largest absolute Gasteiger partial charge is 0.456 e. The molecule has 0 radical (unpaired) electrons. The monoisotopic (exact) mass is 669 g/mol. The van der Waals surface area contributed by atoms with Crippen LogP contribution in [0, 0.1) is 0 Å². The molecule has 0 saturated carbocycles. The maximum absolute atomic E-state index is 6.40. The van der Waals surface area contributed by atoms with E-state index in [1.165, 1.54) is 42.4 Å². The third kappa shape index (κ3) is 5.10. The van der Waals surface area contributed by atoms with Gasteiger partial charge in [-0.05, 0) is 82.4 Å². The fourth-order valence-electron chi connectivity index (χ4n) is 7.47. The molecule has 10 rings (SSSR count). The maximum Gasteiger partial charge on any atom is 0.137 e. The second kappa shape index (κ2) is 12.2. The summed E-state index contributed by atoms with van der Waals surface area (Å²) in [5, 5.41) is 4.84. The number of thiophene rings is 1. The lowest BCUT2D eigenvalue weighted by molar-refractivity contribution is 0.669. The zero-order valence-electron chi connectivity index (χ0n) is 27.7. The summed E-state index contributed by atoms with van der Waals surface area (Å²) in [4.78, 5) is 2.40. The van der Waals surface area contributed by atoms with Crippen LogP contribution in [0.1, 0.15) is 0 Å². The van der Waals surface area contributed by atoms with Gasteiger partial charge in [0.05, 0.1) is 16.8 Å². The van der Waals surface area contributed by atoms with Gasteiger partial charge in [0.2, 0.25) is 0 Å². The molecule has 0 aliphatic carbocycles. The van der Waals surface area contributed by atoms with Gasteiger partial charge in [0.1, 0.15) is 11.2 Å². The van der Waals surface area contributed by atoms with Gasteiger partial charge in [-0.1, -0.05) is 133 Å². The molecule has 2 nitrogen and oxygen atoms in total. The van der Waals surface area contributed by atoms with Crippen molar-refractivity contribution in [1.29, 1.82) is 0 Å². The van der Waals surface area contributed by atoms with Crippen LogP contribution < -0.4 is 4.90 Å². The molecule has 2 aromatic heterocycles. The van der Waals surface area contributed by atoms with Gasteiger partial charge >= 0.3 is 0 Å². The van der Waals surface area contributed by atoms with Crippen LogP contribution in [0.25, 0.3) is 75.5 Å². The molecule has 0 aliphatic rings. The summed E-state index contributed by atoms with van der Waals surface area (Å²) >= 11 is 1.86.